The van der Waals surface area contributed by atoms with E-state index in [1.54, 1.807) is 12.1 Å². The highest BCUT2D eigenvalue weighted by molar-refractivity contribution is 6.33. The van der Waals surface area contributed by atoms with Crippen molar-refractivity contribution in [3.05, 3.63) is 64.1 Å². The summed E-state index contributed by atoms with van der Waals surface area (Å²) in [7, 11) is 0. The standard InChI is InChI=1S/C16H16Cl2N2O/c1-2-14(11-7-9-12(17)10-8-11)19-16(21)20-15-6-4-3-5-13(15)18/h3-10,14H,2H2,1H3,(H2,19,20,21). The molecule has 0 aliphatic rings. The lowest BCUT2D eigenvalue weighted by atomic mass is 10.1. The van der Waals surface area contributed by atoms with Crippen molar-refractivity contribution in [1.29, 1.82) is 0 Å². The lowest BCUT2D eigenvalue weighted by Crippen LogP contribution is -2.32. The van der Waals surface area contributed by atoms with Gasteiger partial charge in [-0.3, -0.25) is 0 Å². The van der Waals surface area contributed by atoms with E-state index in [1.807, 2.05) is 43.3 Å². The first-order chi connectivity index (χ1) is 10.1. The molecule has 0 saturated heterocycles. The highest BCUT2D eigenvalue weighted by atomic mass is 35.5. The minimum atomic E-state index is -0.287. The fourth-order valence-corrected chi connectivity index (χ4v) is 2.30. The van der Waals surface area contributed by atoms with Crippen LogP contribution in [0.2, 0.25) is 10.0 Å². The number of hydrogen-bond donors (Lipinski definition) is 2. The zero-order valence-corrected chi connectivity index (χ0v) is 13.1. The molecule has 1 atom stereocenters. The van der Waals surface area contributed by atoms with Crippen LogP contribution in [0.4, 0.5) is 10.5 Å². The normalized spacial score (nSPS) is 11.8. The lowest BCUT2D eigenvalue weighted by molar-refractivity contribution is 0.248. The van der Waals surface area contributed by atoms with Crippen molar-refractivity contribution >= 4 is 34.9 Å². The van der Waals surface area contributed by atoms with Crippen LogP contribution >= 0.6 is 23.2 Å². The van der Waals surface area contributed by atoms with Gasteiger partial charge in [-0.2, -0.15) is 0 Å². The molecule has 2 N–H and O–H groups in total. The first-order valence-electron chi connectivity index (χ1n) is 6.67. The Morgan fingerprint density at radius 2 is 1.76 bits per heavy atom. The monoisotopic (exact) mass is 322 g/mol. The predicted molar refractivity (Wildman–Crippen MR) is 88.1 cm³/mol. The fraction of sp³-hybridized carbons (Fsp3) is 0.188. The average molecular weight is 323 g/mol. The highest BCUT2D eigenvalue weighted by Crippen LogP contribution is 2.22. The number of carbonyl (C=O) groups is 1. The van der Waals surface area contributed by atoms with E-state index in [2.05, 4.69) is 10.6 Å². The van der Waals surface area contributed by atoms with Crippen LogP contribution in [0.5, 0.6) is 0 Å². The van der Waals surface area contributed by atoms with Crippen LogP contribution in [0, 0.1) is 0 Å². The van der Waals surface area contributed by atoms with Gasteiger partial charge < -0.3 is 10.6 Å². The van der Waals surface area contributed by atoms with Gasteiger partial charge >= 0.3 is 6.03 Å². The molecule has 0 saturated carbocycles. The minimum absolute atomic E-state index is 0.0789. The van der Waals surface area contributed by atoms with Crippen molar-refractivity contribution in [3.63, 3.8) is 0 Å². The summed E-state index contributed by atoms with van der Waals surface area (Å²) in [5.41, 5.74) is 1.60. The Hall–Kier alpha value is -1.71. The van der Waals surface area contributed by atoms with Crippen LogP contribution in [-0.2, 0) is 0 Å². The van der Waals surface area contributed by atoms with Crippen LogP contribution in [0.3, 0.4) is 0 Å². The van der Waals surface area contributed by atoms with Crippen LogP contribution in [0.25, 0.3) is 0 Å². The van der Waals surface area contributed by atoms with Gasteiger partial charge in [-0.05, 0) is 36.2 Å². The molecule has 2 rings (SSSR count). The molecule has 0 radical (unpaired) electrons. The van der Waals surface area contributed by atoms with Crippen LogP contribution < -0.4 is 10.6 Å². The van der Waals surface area contributed by atoms with E-state index in [0.717, 1.165) is 12.0 Å². The average Bonchev–Trinajstić information content (AvgIpc) is 2.48. The fourth-order valence-electron chi connectivity index (χ4n) is 2.00. The molecule has 110 valence electrons. The molecule has 0 heterocycles. The topological polar surface area (TPSA) is 41.1 Å². The van der Waals surface area contributed by atoms with E-state index in [4.69, 9.17) is 23.2 Å². The number of halogens is 2. The zero-order chi connectivity index (χ0) is 15.2. The quantitative estimate of drug-likeness (QED) is 0.791. The summed E-state index contributed by atoms with van der Waals surface area (Å²) in [4.78, 5) is 12.1. The Morgan fingerprint density at radius 3 is 2.38 bits per heavy atom. The van der Waals surface area contributed by atoms with E-state index in [0.29, 0.717) is 15.7 Å². The summed E-state index contributed by atoms with van der Waals surface area (Å²) in [6, 6.07) is 14.2. The molecule has 1 unspecified atom stereocenters. The Labute approximate surface area is 134 Å². The van der Waals surface area contributed by atoms with Crippen molar-refractivity contribution < 1.29 is 4.79 Å². The van der Waals surface area contributed by atoms with Gasteiger partial charge in [-0.15, -0.1) is 0 Å². The maximum absolute atomic E-state index is 12.1. The SMILES string of the molecule is CCC(NC(=O)Nc1ccccc1Cl)c1ccc(Cl)cc1. The van der Waals surface area contributed by atoms with Crippen molar-refractivity contribution in [2.75, 3.05) is 5.32 Å². The number of urea groups is 1. The summed E-state index contributed by atoms with van der Waals surface area (Å²) >= 11 is 11.9. The summed E-state index contributed by atoms with van der Waals surface area (Å²) in [6.45, 7) is 2.01. The van der Waals surface area contributed by atoms with Crippen LogP contribution in [-0.4, -0.2) is 6.03 Å². The molecular weight excluding hydrogens is 307 g/mol. The van der Waals surface area contributed by atoms with E-state index in [9.17, 15) is 4.79 Å². The van der Waals surface area contributed by atoms with E-state index in [1.165, 1.54) is 0 Å². The largest absolute Gasteiger partial charge is 0.331 e. The number of benzene rings is 2. The Bertz CT molecular complexity index is 614. The number of carbonyl (C=O) groups excluding carboxylic acids is 1. The Balaban J connectivity index is 2.03. The zero-order valence-electron chi connectivity index (χ0n) is 11.6. The molecule has 0 fully saturated rings. The van der Waals surface area contributed by atoms with E-state index in [-0.39, 0.29) is 12.1 Å². The van der Waals surface area contributed by atoms with Gasteiger partial charge in [0.25, 0.3) is 0 Å². The summed E-state index contributed by atoms with van der Waals surface area (Å²) < 4.78 is 0. The summed E-state index contributed by atoms with van der Waals surface area (Å²) in [5, 5.41) is 6.86. The number of rotatable bonds is 4. The third-order valence-electron chi connectivity index (χ3n) is 3.11. The number of hydrogen-bond acceptors (Lipinski definition) is 1. The third kappa shape index (κ3) is 4.38. The Morgan fingerprint density at radius 1 is 1.10 bits per heavy atom. The number of anilines is 1. The van der Waals surface area contributed by atoms with E-state index >= 15 is 0 Å². The van der Waals surface area contributed by atoms with Gasteiger partial charge in [-0.1, -0.05) is 54.4 Å². The molecule has 2 amide bonds. The number of para-hydroxylation sites is 1. The predicted octanol–water partition coefficient (Wildman–Crippen LogP) is 5.27. The first-order valence-corrected chi connectivity index (χ1v) is 7.43. The molecule has 21 heavy (non-hydrogen) atoms. The molecule has 0 bridgehead atoms. The van der Waals surface area contributed by atoms with Gasteiger partial charge in [0.05, 0.1) is 16.8 Å². The van der Waals surface area contributed by atoms with Gasteiger partial charge in [-0.25, -0.2) is 4.79 Å². The maximum atomic E-state index is 12.1. The van der Waals surface area contributed by atoms with Crippen LogP contribution in [0.15, 0.2) is 48.5 Å². The van der Waals surface area contributed by atoms with Gasteiger partial charge in [0.15, 0.2) is 0 Å². The molecule has 5 heteroatoms. The molecule has 3 nitrogen and oxygen atoms in total. The molecule has 2 aromatic rings. The number of amides is 2. The Kier molecular flexibility index (Phi) is 5.48. The van der Waals surface area contributed by atoms with Crippen molar-refractivity contribution in [1.82, 2.24) is 5.32 Å². The van der Waals surface area contributed by atoms with E-state index < -0.39 is 0 Å². The first kappa shape index (κ1) is 15.7. The van der Waals surface area contributed by atoms with Crippen molar-refractivity contribution in [2.24, 2.45) is 0 Å². The van der Waals surface area contributed by atoms with Gasteiger partial charge in [0.2, 0.25) is 0 Å². The lowest BCUT2D eigenvalue weighted by Gasteiger charge is -2.18. The van der Waals surface area contributed by atoms with Gasteiger partial charge in [0.1, 0.15) is 0 Å². The van der Waals surface area contributed by atoms with Gasteiger partial charge in [0, 0.05) is 5.02 Å². The second-order valence-electron chi connectivity index (χ2n) is 4.59. The third-order valence-corrected chi connectivity index (χ3v) is 3.69. The van der Waals surface area contributed by atoms with Crippen LogP contribution in [0.1, 0.15) is 24.9 Å². The molecule has 0 aliphatic carbocycles. The smallest absolute Gasteiger partial charge is 0.319 e. The minimum Gasteiger partial charge on any atom is -0.331 e. The summed E-state index contributed by atoms with van der Waals surface area (Å²) in [5.74, 6) is 0. The molecule has 0 aliphatic heterocycles. The maximum Gasteiger partial charge on any atom is 0.319 e. The van der Waals surface area contributed by atoms with Crippen molar-refractivity contribution in [3.8, 4) is 0 Å². The molecular formula is C16H16Cl2N2O. The molecule has 0 spiro atoms. The molecule has 0 aromatic heterocycles. The summed E-state index contributed by atoms with van der Waals surface area (Å²) in [6.07, 6.45) is 0.775. The second kappa shape index (κ2) is 7.34. The second-order valence-corrected chi connectivity index (χ2v) is 5.43. The molecule has 2 aromatic carbocycles. The number of nitrogens with one attached hydrogen (secondary N) is 2. The highest BCUT2D eigenvalue weighted by Gasteiger charge is 2.13. The van der Waals surface area contributed by atoms with Crippen molar-refractivity contribution in [2.45, 2.75) is 19.4 Å².